The number of anilines is 1. The highest BCUT2D eigenvalue weighted by Gasteiger charge is 2.25. The molecule has 1 aliphatic rings. The smallest absolute Gasteiger partial charge is 0.226 e. The van der Waals surface area contributed by atoms with Crippen molar-refractivity contribution in [3.05, 3.63) is 17.5 Å². The maximum atomic E-state index is 5.64. The molecule has 0 radical (unpaired) electrons. The van der Waals surface area contributed by atoms with Crippen LogP contribution in [0.2, 0.25) is 0 Å². The molecule has 1 atom stereocenters. The molecule has 5 nitrogen and oxygen atoms in total. The van der Waals surface area contributed by atoms with E-state index >= 15 is 0 Å². The Hall–Kier alpha value is -1.20. The van der Waals surface area contributed by atoms with Crippen LogP contribution in [0.15, 0.2) is 6.07 Å². The topological polar surface area (TPSA) is 50.3 Å². The van der Waals surface area contributed by atoms with E-state index in [0.29, 0.717) is 18.0 Å². The number of hydrogen-bond donors (Lipinski definition) is 1. The summed E-state index contributed by atoms with van der Waals surface area (Å²) in [4.78, 5) is 11.7. The second kappa shape index (κ2) is 7.18. The first-order valence-corrected chi connectivity index (χ1v) is 7.90. The molecule has 0 amide bonds. The van der Waals surface area contributed by atoms with Gasteiger partial charge in [0.05, 0.1) is 19.3 Å². The van der Waals surface area contributed by atoms with Gasteiger partial charge in [-0.1, -0.05) is 27.7 Å². The van der Waals surface area contributed by atoms with Crippen molar-refractivity contribution in [3.63, 3.8) is 0 Å². The van der Waals surface area contributed by atoms with Gasteiger partial charge in [-0.25, -0.2) is 9.97 Å². The van der Waals surface area contributed by atoms with Crippen LogP contribution in [0.25, 0.3) is 0 Å². The Bertz CT molecular complexity index is 462. The van der Waals surface area contributed by atoms with Crippen LogP contribution in [-0.2, 0) is 4.74 Å². The maximum absolute atomic E-state index is 5.64. The minimum absolute atomic E-state index is 0.294. The standard InChI is InChI=1S/C16H28N4O/c1-11(2)15-8-13(5)18-16(19-15)20-6-7-21-10-14(20)9-17-12(3)4/h8,11-12,14,17H,6-7,9-10H2,1-5H3. The third-order valence-electron chi connectivity index (χ3n) is 3.70. The number of aromatic nitrogens is 2. The molecule has 0 aromatic carbocycles. The number of ether oxygens (including phenoxy) is 1. The summed E-state index contributed by atoms with van der Waals surface area (Å²) in [6.45, 7) is 13.9. The average molecular weight is 292 g/mol. The van der Waals surface area contributed by atoms with Crippen molar-refractivity contribution in [2.24, 2.45) is 0 Å². The van der Waals surface area contributed by atoms with E-state index < -0.39 is 0 Å². The van der Waals surface area contributed by atoms with Crippen LogP contribution in [0.4, 0.5) is 5.95 Å². The predicted octanol–water partition coefficient (Wildman–Crippen LogP) is 2.11. The summed E-state index contributed by atoms with van der Waals surface area (Å²) in [6, 6.07) is 2.84. The minimum Gasteiger partial charge on any atom is -0.377 e. The Kier molecular flexibility index (Phi) is 5.53. The largest absolute Gasteiger partial charge is 0.377 e. The summed E-state index contributed by atoms with van der Waals surface area (Å²) in [5.74, 6) is 1.26. The van der Waals surface area contributed by atoms with Gasteiger partial charge in [0.1, 0.15) is 0 Å². The van der Waals surface area contributed by atoms with E-state index in [1.807, 2.05) is 6.92 Å². The quantitative estimate of drug-likeness (QED) is 0.901. The molecular weight excluding hydrogens is 264 g/mol. The molecule has 0 saturated carbocycles. The molecule has 5 heteroatoms. The van der Waals surface area contributed by atoms with Gasteiger partial charge in [-0.2, -0.15) is 0 Å². The van der Waals surface area contributed by atoms with Crippen LogP contribution in [0, 0.1) is 6.92 Å². The molecule has 1 N–H and O–H groups in total. The van der Waals surface area contributed by atoms with E-state index in [1.54, 1.807) is 0 Å². The second-order valence-electron chi connectivity index (χ2n) is 6.37. The van der Waals surface area contributed by atoms with Crippen LogP contribution >= 0.6 is 0 Å². The Morgan fingerprint density at radius 2 is 2.10 bits per heavy atom. The molecule has 1 aliphatic heterocycles. The summed E-state index contributed by atoms with van der Waals surface area (Å²) < 4.78 is 5.64. The molecule has 1 aromatic heterocycles. The zero-order valence-corrected chi connectivity index (χ0v) is 13.9. The normalized spacial score (nSPS) is 19.6. The molecule has 0 bridgehead atoms. The van der Waals surface area contributed by atoms with Gasteiger partial charge in [0, 0.05) is 30.5 Å². The number of rotatable bonds is 5. The van der Waals surface area contributed by atoms with E-state index in [1.165, 1.54) is 0 Å². The summed E-state index contributed by atoms with van der Waals surface area (Å²) in [6.07, 6.45) is 0. The van der Waals surface area contributed by atoms with Gasteiger partial charge in [-0.05, 0) is 18.9 Å². The third kappa shape index (κ3) is 4.38. The number of morpholine rings is 1. The van der Waals surface area contributed by atoms with Gasteiger partial charge in [0.2, 0.25) is 5.95 Å². The first kappa shape index (κ1) is 16.2. The third-order valence-corrected chi connectivity index (χ3v) is 3.70. The van der Waals surface area contributed by atoms with Crippen LogP contribution in [0.3, 0.4) is 0 Å². The van der Waals surface area contributed by atoms with Crippen molar-refractivity contribution in [1.82, 2.24) is 15.3 Å². The van der Waals surface area contributed by atoms with E-state index in [0.717, 1.165) is 43.6 Å². The van der Waals surface area contributed by atoms with Crippen molar-refractivity contribution in [2.75, 3.05) is 31.2 Å². The highest BCUT2D eigenvalue weighted by atomic mass is 16.5. The molecule has 1 fully saturated rings. The number of aryl methyl sites for hydroxylation is 1. The lowest BCUT2D eigenvalue weighted by molar-refractivity contribution is 0.0922. The van der Waals surface area contributed by atoms with Crippen LogP contribution in [-0.4, -0.2) is 48.4 Å². The fraction of sp³-hybridized carbons (Fsp3) is 0.750. The molecule has 21 heavy (non-hydrogen) atoms. The molecule has 1 saturated heterocycles. The minimum atomic E-state index is 0.294. The molecule has 2 heterocycles. The summed E-state index contributed by atoms with van der Waals surface area (Å²) in [7, 11) is 0. The van der Waals surface area contributed by atoms with Crippen LogP contribution in [0.5, 0.6) is 0 Å². The van der Waals surface area contributed by atoms with Gasteiger partial charge in [-0.15, -0.1) is 0 Å². The molecule has 0 aliphatic carbocycles. The molecule has 2 rings (SSSR count). The monoisotopic (exact) mass is 292 g/mol. The van der Waals surface area contributed by atoms with Crippen LogP contribution < -0.4 is 10.2 Å². The Labute approximate surface area is 128 Å². The molecule has 118 valence electrons. The Morgan fingerprint density at radius 3 is 2.76 bits per heavy atom. The fourth-order valence-electron chi connectivity index (χ4n) is 2.46. The van der Waals surface area contributed by atoms with E-state index in [9.17, 15) is 0 Å². The second-order valence-corrected chi connectivity index (χ2v) is 6.37. The Balaban J connectivity index is 2.20. The van der Waals surface area contributed by atoms with E-state index in [4.69, 9.17) is 9.72 Å². The van der Waals surface area contributed by atoms with Gasteiger partial charge < -0.3 is 15.0 Å². The van der Waals surface area contributed by atoms with E-state index in [2.05, 4.69) is 49.0 Å². The van der Waals surface area contributed by atoms with E-state index in [-0.39, 0.29) is 0 Å². The Morgan fingerprint density at radius 1 is 1.33 bits per heavy atom. The maximum Gasteiger partial charge on any atom is 0.226 e. The number of hydrogen-bond acceptors (Lipinski definition) is 5. The van der Waals surface area contributed by atoms with Crippen molar-refractivity contribution in [1.29, 1.82) is 0 Å². The van der Waals surface area contributed by atoms with Crippen molar-refractivity contribution in [3.8, 4) is 0 Å². The van der Waals surface area contributed by atoms with Crippen molar-refractivity contribution < 1.29 is 4.74 Å². The van der Waals surface area contributed by atoms with Gasteiger partial charge in [0.25, 0.3) is 0 Å². The number of nitrogens with zero attached hydrogens (tertiary/aromatic N) is 3. The van der Waals surface area contributed by atoms with Crippen molar-refractivity contribution in [2.45, 2.75) is 52.6 Å². The SMILES string of the molecule is Cc1cc(C(C)C)nc(N2CCOCC2CNC(C)C)n1. The van der Waals surface area contributed by atoms with Crippen LogP contribution in [0.1, 0.15) is 45.0 Å². The lowest BCUT2D eigenvalue weighted by Gasteiger charge is -2.36. The molecular formula is C16H28N4O. The van der Waals surface area contributed by atoms with Gasteiger partial charge in [-0.3, -0.25) is 0 Å². The number of nitrogens with one attached hydrogen (secondary N) is 1. The molecule has 0 spiro atoms. The summed E-state index contributed by atoms with van der Waals surface area (Å²) >= 11 is 0. The fourth-order valence-corrected chi connectivity index (χ4v) is 2.46. The highest BCUT2D eigenvalue weighted by Crippen LogP contribution is 2.20. The lowest BCUT2D eigenvalue weighted by Crippen LogP contribution is -2.52. The zero-order chi connectivity index (χ0) is 15.4. The lowest BCUT2D eigenvalue weighted by atomic mass is 10.1. The molecule has 1 unspecified atom stereocenters. The predicted molar refractivity (Wildman–Crippen MR) is 85.9 cm³/mol. The molecule has 1 aromatic rings. The summed E-state index contributed by atoms with van der Waals surface area (Å²) in [5, 5.41) is 3.49. The van der Waals surface area contributed by atoms with Crippen molar-refractivity contribution >= 4 is 5.95 Å². The van der Waals surface area contributed by atoms with Gasteiger partial charge in [0.15, 0.2) is 0 Å². The average Bonchev–Trinajstić information content (AvgIpc) is 2.44. The van der Waals surface area contributed by atoms with Gasteiger partial charge >= 0.3 is 0 Å². The summed E-state index contributed by atoms with van der Waals surface area (Å²) in [5.41, 5.74) is 2.14. The highest BCUT2D eigenvalue weighted by molar-refractivity contribution is 5.35. The first-order valence-electron chi connectivity index (χ1n) is 7.90. The first-order chi connectivity index (χ1) is 9.97. The zero-order valence-electron chi connectivity index (χ0n) is 13.9.